The molecule has 0 aliphatic carbocycles. The summed E-state index contributed by atoms with van der Waals surface area (Å²) in [6.07, 6.45) is 2.74. The molecule has 2 heterocycles. The van der Waals surface area contributed by atoms with Gasteiger partial charge in [0.25, 0.3) is 5.91 Å². The van der Waals surface area contributed by atoms with Gasteiger partial charge in [-0.05, 0) is 44.7 Å². The molecule has 1 N–H and O–H groups in total. The molecule has 1 fully saturated rings. The number of carbonyl (C=O) groups is 2. The van der Waals surface area contributed by atoms with Gasteiger partial charge in [-0.25, -0.2) is 14.8 Å². The number of likely N-dealkylation sites (tertiary alicyclic amines) is 1. The first-order chi connectivity index (χ1) is 17.8. The molecular weight excluding hydrogens is 468 g/mol. The Hall–Kier alpha value is -3.91. The van der Waals surface area contributed by atoms with Gasteiger partial charge in [0.05, 0.1) is 31.1 Å². The van der Waals surface area contributed by atoms with Crippen LogP contribution in [0.25, 0.3) is 11.1 Å². The molecule has 4 rings (SSSR count). The van der Waals surface area contributed by atoms with Crippen molar-refractivity contribution in [2.75, 3.05) is 30.6 Å². The van der Waals surface area contributed by atoms with E-state index in [0.29, 0.717) is 42.3 Å². The van der Waals surface area contributed by atoms with Crippen molar-refractivity contribution in [1.82, 2.24) is 9.88 Å². The van der Waals surface area contributed by atoms with Crippen LogP contribution < -0.4 is 10.4 Å². The van der Waals surface area contributed by atoms with Crippen LogP contribution in [0, 0.1) is 0 Å². The van der Waals surface area contributed by atoms with E-state index >= 15 is 0 Å². The largest absolute Gasteiger partial charge is 0.444 e. The molecular formula is C29H34N4O4. The number of ether oxygens (including phenoxy) is 1. The summed E-state index contributed by atoms with van der Waals surface area (Å²) >= 11 is 0. The van der Waals surface area contributed by atoms with Gasteiger partial charge >= 0.3 is 6.09 Å². The number of pyridine rings is 1. The van der Waals surface area contributed by atoms with Crippen LogP contribution >= 0.6 is 0 Å². The molecule has 0 spiro atoms. The maximum atomic E-state index is 14.0. The molecule has 37 heavy (non-hydrogen) atoms. The van der Waals surface area contributed by atoms with E-state index in [4.69, 9.17) is 14.6 Å². The highest BCUT2D eigenvalue weighted by atomic mass is 16.7. The zero-order chi connectivity index (χ0) is 26.4. The Morgan fingerprint density at radius 2 is 1.62 bits per heavy atom. The number of nitrogens with zero attached hydrogens (tertiary/aromatic N) is 3. The van der Waals surface area contributed by atoms with Crippen molar-refractivity contribution in [3.05, 3.63) is 78.0 Å². The SMILES string of the molecule is CON(Cc1ccccc1)c1ncc(NC(=O)OC(C)(C)C)c(C(=O)N2CCCC2)c1-c1ccccc1. The van der Waals surface area contributed by atoms with E-state index in [2.05, 4.69) is 5.32 Å². The van der Waals surface area contributed by atoms with Crippen LogP contribution in [0.3, 0.4) is 0 Å². The highest BCUT2D eigenvalue weighted by Crippen LogP contribution is 2.38. The minimum Gasteiger partial charge on any atom is -0.444 e. The average Bonchev–Trinajstić information content (AvgIpc) is 3.42. The molecule has 194 valence electrons. The van der Waals surface area contributed by atoms with Crippen LogP contribution in [0.2, 0.25) is 0 Å². The van der Waals surface area contributed by atoms with Gasteiger partial charge in [0.15, 0.2) is 5.82 Å². The first-order valence-corrected chi connectivity index (χ1v) is 12.5. The van der Waals surface area contributed by atoms with Gasteiger partial charge in [0.1, 0.15) is 5.60 Å². The highest BCUT2D eigenvalue weighted by Gasteiger charge is 2.31. The summed E-state index contributed by atoms with van der Waals surface area (Å²) in [5, 5.41) is 4.45. The number of benzene rings is 2. The number of aromatic nitrogens is 1. The Morgan fingerprint density at radius 1 is 1.00 bits per heavy atom. The first-order valence-electron chi connectivity index (χ1n) is 12.5. The summed E-state index contributed by atoms with van der Waals surface area (Å²) in [5.41, 5.74) is 2.36. The molecule has 1 aliphatic heterocycles. The first kappa shape index (κ1) is 26.2. The van der Waals surface area contributed by atoms with Crippen LogP contribution in [0.1, 0.15) is 49.5 Å². The summed E-state index contributed by atoms with van der Waals surface area (Å²) in [6, 6.07) is 19.5. The Bertz CT molecular complexity index is 1220. The van der Waals surface area contributed by atoms with Crippen LogP contribution in [-0.4, -0.2) is 47.7 Å². The zero-order valence-electron chi connectivity index (χ0n) is 21.9. The average molecular weight is 503 g/mol. The maximum absolute atomic E-state index is 14.0. The third-order valence-corrected chi connectivity index (χ3v) is 5.99. The Balaban J connectivity index is 1.88. The van der Waals surface area contributed by atoms with Gasteiger partial charge < -0.3 is 9.64 Å². The third-order valence-electron chi connectivity index (χ3n) is 5.99. The molecule has 0 bridgehead atoms. The molecule has 0 atom stereocenters. The van der Waals surface area contributed by atoms with Gasteiger partial charge in [-0.2, -0.15) is 0 Å². The Labute approximate surface area is 218 Å². The van der Waals surface area contributed by atoms with Crippen LogP contribution in [0.4, 0.5) is 16.3 Å². The summed E-state index contributed by atoms with van der Waals surface area (Å²) < 4.78 is 5.49. The molecule has 3 aromatic rings. The minimum atomic E-state index is -0.693. The van der Waals surface area contributed by atoms with Crippen LogP contribution in [0.15, 0.2) is 66.9 Å². The van der Waals surface area contributed by atoms with Crippen LogP contribution in [0.5, 0.6) is 0 Å². The molecule has 2 aromatic carbocycles. The fourth-order valence-corrected chi connectivity index (χ4v) is 4.35. The van der Waals surface area contributed by atoms with E-state index in [9.17, 15) is 9.59 Å². The fourth-order valence-electron chi connectivity index (χ4n) is 4.35. The number of hydrogen-bond acceptors (Lipinski definition) is 6. The minimum absolute atomic E-state index is 0.165. The molecule has 8 nitrogen and oxygen atoms in total. The smallest absolute Gasteiger partial charge is 0.412 e. The van der Waals surface area contributed by atoms with E-state index < -0.39 is 11.7 Å². The topological polar surface area (TPSA) is 84.0 Å². The van der Waals surface area contributed by atoms with Gasteiger partial charge in [0.2, 0.25) is 0 Å². The number of hydroxylamine groups is 1. The lowest BCUT2D eigenvalue weighted by molar-refractivity contribution is 0.0636. The van der Waals surface area contributed by atoms with Crippen LogP contribution in [-0.2, 0) is 16.1 Å². The van der Waals surface area contributed by atoms with E-state index in [1.807, 2.05) is 65.6 Å². The van der Waals surface area contributed by atoms with Gasteiger partial charge in [-0.15, -0.1) is 0 Å². The molecule has 1 aliphatic rings. The number of amides is 2. The van der Waals surface area contributed by atoms with E-state index in [1.165, 1.54) is 6.20 Å². The van der Waals surface area contributed by atoms with Gasteiger partial charge in [-0.3, -0.25) is 14.9 Å². The summed E-state index contributed by atoms with van der Waals surface area (Å²) in [7, 11) is 1.58. The summed E-state index contributed by atoms with van der Waals surface area (Å²) in [6.45, 7) is 7.11. The molecule has 8 heteroatoms. The van der Waals surface area contributed by atoms with Crippen molar-refractivity contribution in [1.29, 1.82) is 0 Å². The van der Waals surface area contributed by atoms with Gasteiger partial charge in [-0.1, -0.05) is 60.7 Å². The quantitative estimate of drug-likeness (QED) is 0.405. The van der Waals surface area contributed by atoms with Crippen molar-refractivity contribution in [2.45, 2.75) is 45.8 Å². The molecule has 1 saturated heterocycles. The lowest BCUT2D eigenvalue weighted by Gasteiger charge is -2.28. The molecule has 0 saturated carbocycles. The summed E-state index contributed by atoms with van der Waals surface area (Å²) in [4.78, 5) is 39.1. The standard InChI is InChI=1S/C29H34N4O4/c1-29(2,3)37-28(35)31-23-19-30-26(33(36-4)20-21-13-7-5-8-14-21)24(22-15-9-6-10-16-22)25(23)27(34)32-17-11-12-18-32/h5-10,13-16,19H,11-12,17-18,20H2,1-4H3,(H,31,35). The number of carbonyl (C=O) groups excluding carboxylic acids is 2. The van der Waals surface area contributed by atoms with Crippen molar-refractivity contribution < 1.29 is 19.2 Å². The summed E-state index contributed by atoms with van der Waals surface area (Å²) in [5.74, 6) is 0.316. The molecule has 0 radical (unpaired) electrons. The number of rotatable bonds is 7. The fraction of sp³-hybridized carbons (Fsp3) is 0.345. The predicted molar refractivity (Wildman–Crippen MR) is 144 cm³/mol. The second-order valence-electron chi connectivity index (χ2n) is 9.94. The van der Waals surface area contributed by atoms with E-state index in [-0.39, 0.29) is 5.91 Å². The maximum Gasteiger partial charge on any atom is 0.412 e. The lowest BCUT2D eigenvalue weighted by atomic mass is 9.97. The van der Waals surface area contributed by atoms with E-state index in [1.54, 1.807) is 32.9 Å². The van der Waals surface area contributed by atoms with Crippen molar-refractivity contribution in [2.24, 2.45) is 0 Å². The van der Waals surface area contributed by atoms with E-state index in [0.717, 1.165) is 24.0 Å². The second-order valence-corrected chi connectivity index (χ2v) is 9.94. The number of hydrogen-bond donors (Lipinski definition) is 1. The van der Waals surface area contributed by atoms with Gasteiger partial charge in [0, 0.05) is 18.7 Å². The Kier molecular flexibility index (Phi) is 8.08. The lowest BCUT2D eigenvalue weighted by Crippen LogP contribution is -2.32. The van der Waals surface area contributed by atoms with Crippen molar-refractivity contribution in [3.8, 4) is 11.1 Å². The predicted octanol–water partition coefficient (Wildman–Crippen LogP) is 5.90. The van der Waals surface area contributed by atoms with Crippen molar-refractivity contribution >= 4 is 23.5 Å². The Morgan fingerprint density at radius 3 is 2.22 bits per heavy atom. The molecule has 0 unspecified atom stereocenters. The third kappa shape index (κ3) is 6.46. The zero-order valence-corrected chi connectivity index (χ0v) is 21.9. The highest BCUT2D eigenvalue weighted by molar-refractivity contribution is 6.10. The number of nitrogens with one attached hydrogen (secondary N) is 1. The molecule has 2 amide bonds. The normalized spacial score (nSPS) is 13.4. The number of anilines is 2. The molecule has 1 aromatic heterocycles. The van der Waals surface area contributed by atoms with Crippen molar-refractivity contribution in [3.63, 3.8) is 0 Å². The second kappa shape index (κ2) is 11.4. The monoisotopic (exact) mass is 502 g/mol.